The molecule has 1 heterocycles. The van der Waals surface area contributed by atoms with Gasteiger partial charge in [0.2, 0.25) is 10.0 Å². The van der Waals surface area contributed by atoms with Crippen LogP contribution in [0.5, 0.6) is 11.5 Å². The van der Waals surface area contributed by atoms with Crippen LogP contribution in [0.3, 0.4) is 0 Å². The van der Waals surface area contributed by atoms with Crippen LogP contribution in [0.25, 0.3) is 0 Å². The van der Waals surface area contributed by atoms with E-state index in [1.165, 1.54) is 30.6 Å². The van der Waals surface area contributed by atoms with Gasteiger partial charge in [-0.15, -0.1) is 0 Å². The summed E-state index contributed by atoms with van der Waals surface area (Å²) < 4.78 is 46.1. The number of fused-ring (bicyclic) bond motifs is 1. The fourth-order valence-corrected chi connectivity index (χ4v) is 6.72. The van der Waals surface area contributed by atoms with Gasteiger partial charge >= 0.3 is 0 Å². The molecule has 0 fully saturated rings. The number of carbonyl (C=O) groups is 2. The summed E-state index contributed by atoms with van der Waals surface area (Å²) in [5.74, 6) is -0.112. The molecule has 3 aromatic carbocycles. The van der Waals surface area contributed by atoms with Gasteiger partial charge in [0, 0.05) is 43.9 Å². The molecule has 0 unspecified atom stereocenters. The molecule has 0 aliphatic carbocycles. The molecule has 0 spiro atoms. The van der Waals surface area contributed by atoms with E-state index in [1.807, 2.05) is 19.9 Å². The molecule has 0 saturated heterocycles. The fraction of sp³-hybridized carbons (Fsp3) is 0.444. The van der Waals surface area contributed by atoms with Gasteiger partial charge in [0.25, 0.3) is 11.8 Å². The maximum Gasteiger partial charge on any atom is 0.258 e. The first-order valence-corrected chi connectivity index (χ1v) is 17.7. The van der Waals surface area contributed by atoms with Crippen LogP contribution in [0.1, 0.15) is 60.7 Å². The lowest BCUT2D eigenvalue weighted by atomic mass is 10.0. The lowest BCUT2D eigenvalue weighted by Gasteiger charge is -2.35. The van der Waals surface area contributed by atoms with Crippen molar-refractivity contribution in [2.45, 2.75) is 63.2 Å². The third kappa shape index (κ3) is 9.34. The Bertz CT molecular complexity index is 1620. The Labute approximate surface area is 283 Å². The van der Waals surface area contributed by atoms with Crippen molar-refractivity contribution in [1.82, 2.24) is 9.21 Å². The largest absolute Gasteiger partial charge is 0.497 e. The number of likely N-dealkylation sites (N-methyl/N-ethyl adjacent to an activating group) is 1. The first kappa shape index (κ1) is 36.9. The summed E-state index contributed by atoms with van der Waals surface area (Å²) in [5.41, 5.74) is 1.14. The first-order chi connectivity index (χ1) is 22.9. The zero-order valence-corrected chi connectivity index (χ0v) is 29.1. The number of rotatable bonds is 9. The lowest BCUT2D eigenvalue weighted by Crippen LogP contribution is -2.48. The number of hydrogen-bond donors (Lipinski definition) is 2. The van der Waals surface area contributed by atoms with Crippen LogP contribution in [0, 0.1) is 5.92 Å². The molecule has 0 saturated carbocycles. The Balaban J connectivity index is 1.64. The molecular weight excluding hydrogens is 634 g/mol. The highest BCUT2D eigenvalue weighted by atomic mass is 32.2. The van der Waals surface area contributed by atoms with E-state index >= 15 is 0 Å². The quantitative estimate of drug-likeness (QED) is 0.320. The van der Waals surface area contributed by atoms with Gasteiger partial charge < -0.3 is 29.5 Å². The van der Waals surface area contributed by atoms with Gasteiger partial charge in [0.1, 0.15) is 11.5 Å². The third-order valence-corrected chi connectivity index (χ3v) is 10.4. The van der Waals surface area contributed by atoms with Gasteiger partial charge in [-0.05, 0) is 87.7 Å². The van der Waals surface area contributed by atoms with Gasteiger partial charge in [-0.2, -0.15) is 4.31 Å². The van der Waals surface area contributed by atoms with Gasteiger partial charge in [-0.3, -0.25) is 9.59 Å². The number of amides is 2. The molecule has 4 rings (SSSR count). The molecule has 12 heteroatoms. The Morgan fingerprint density at radius 2 is 1.79 bits per heavy atom. The molecule has 1 aliphatic rings. The van der Waals surface area contributed by atoms with Gasteiger partial charge in [0.05, 0.1) is 42.4 Å². The number of methoxy groups -OCH3 is 1. The molecule has 3 aromatic rings. The van der Waals surface area contributed by atoms with Crippen molar-refractivity contribution >= 4 is 27.5 Å². The van der Waals surface area contributed by atoms with Gasteiger partial charge in [-0.1, -0.05) is 25.1 Å². The van der Waals surface area contributed by atoms with Crippen molar-refractivity contribution in [3.05, 3.63) is 83.9 Å². The standard InChI is InChI=1S/C36H47N3O8S/c1-25-22-39(26(2)24-40)36(42)32-21-29(37-35(41)28-12-7-6-8-13-28)14-19-33(32)47-27(3)11-9-10-20-46-34(25)23-38(4)48(43,44)31-17-15-30(45-5)16-18-31/h6-8,12-19,21,25-27,34,40H,9-11,20,22-24H2,1-5H3,(H,37,41)/t25-,26-,27+,34+/m1/s1. The number of hydrogen-bond acceptors (Lipinski definition) is 8. The molecule has 0 bridgehead atoms. The predicted molar refractivity (Wildman–Crippen MR) is 184 cm³/mol. The average molecular weight is 682 g/mol. The zero-order chi connectivity index (χ0) is 34.8. The van der Waals surface area contributed by atoms with Crippen molar-refractivity contribution in [2.24, 2.45) is 5.92 Å². The van der Waals surface area contributed by atoms with Gasteiger partial charge in [-0.25, -0.2) is 8.42 Å². The highest BCUT2D eigenvalue weighted by molar-refractivity contribution is 7.89. The summed E-state index contributed by atoms with van der Waals surface area (Å²) in [6.45, 7) is 5.91. The van der Waals surface area contributed by atoms with Crippen LogP contribution in [0.15, 0.2) is 77.7 Å². The van der Waals surface area contributed by atoms with Crippen molar-refractivity contribution in [1.29, 1.82) is 0 Å². The SMILES string of the molecule is COc1ccc(S(=O)(=O)N(C)C[C@@H]2OCCCC[C@H](C)Oc3ccc(NC(=O)c4ccccc4)cc3C(=O)N([C@H](C)CO)C[C@H]2C)cc1. The molecular formula is C36H47N3O8S. The summed E-state index contributed by atoms with van der Waals surface area (Å²) in [7, 11) is -0.818. The molecule has 11 nitrogen and oxygen atoms in total. The summed E-state index contributed by atoms with van der Waals surface area (Å²) >= 11 is 0. The molecule has 2 amide bonds. The second-order valence-corrected chi connectivity index (χ2v) is 14.3. The van der Waals surface area contributed by atoms with Crippen LogP contribution in [0.2, 0.25) is 0 Å². The third-order valence-electron chi connectivity index (χ3n) is 8.55. The van der Waals surface area contributed by atoms with Crippen molar-refractivity contribution in [2.75, 3.05) is 45.8 Å². The van der Waals surface area contributed by atoms with E-state index in [1.54, 1.807) is 66.4 Å². The number of aliphatic hydroxyl groups excluding tert-OH is 1. The Morgan fingerprint density at radius 3 is 2.46 bits per heavy atom. The Hall–Kier alpha value is -3.97. The first-order valence-electron chi connectivity index (χ1n) is 16.3. The number of aliphatic hydroxyl groups is 1. The minimum atomic E-state index is -3.85. The molecule has 48 heavy (non-hydrogen) atoms. The van der Waals surface area contributed by atoms with Crippen molar-refractivity contribution in [3.63, 3.8) is 0 Å². The van der Waals surface area contributed by atoms with E-state index in [2.05, 4.69) is 5.32 Å². The van der Waals surface area contributed by atoms with Crippen molar-refractivity contribution in [3.8, 4) is 11.5 Å². The number of carbonyl (C=O) groups excluding carboxylic acids is 2. The van der Waals surface area contributed by atoms with E-state index in [9.17, 15) is 23.1 Å². The van der Waals surface area contributed by atoms with Gasteiger partial charge in [0.15, 0.2) is 0 Å². The number of nitrogens with zero attached hydrogens (tertiary/aromatic N) is 2. The van der Waals surface area contributed by atoms with Crippen LogP contribution in [-0.2, 0) is 14.8 Å². The van der Waals surface area contributed by atoms with E-state index in [0.29, 0.717) is 35.8 Å². The van der Waals surface area contributed by atoms with Crippen LogP contribution in [0.4, 0.5) is 5.69 Å². The molecule has 4 atom stereocenters. The highest BCUT2D eigenvalue weighted by Crippen LogP contribution is 2.29. The predicted octanol–water partition coefficient (Wildman–Crippen LogP) is 5.06. The number of anilines is 1. The Kier molecular flexibility index (Phi) is 13.0. The summed E-state index contributed by atoms with van der Waals surface area (Å²) in [4.78, 5) is 29.0. The maximum absolute atomic E-state index is 14.4. The minimum Gasteiger partial charge on any atom is -0.497 e. The second-order valence-electron chi connectivity index (χ2n) is 12.3. The van der Waals surface area contributed by atoms with Crippen LogP contribution in [-0.4, -0.2) is 93.3 Å². The van der Waals surface area contributed by atoms with E-state index in [0.717, 1.165) is 12.8 Å². The maximum atomic E-state index is 14.4. The number of sulfonamides is 1. The van der Waals surface area contributed by atoms with E-state index in [-0.39, 0.29) is 48.1 Å². The molecule has 0 aromatic heterocycles. The zero-order valence-electron chi connectivity index (χ0n) is 28.3. The lowest BCUT2D eigenvalue weighted by molar-refractivity contribution is -0.00834. The van der Waals surface area contributed by atoms with Crippen LogP contribution >= 0.6 is 0 Å². The number of benzene rings is 3. The van der Waals surface area contributed by atoms with Crippen LogP contribution < -0.4 is 14.8 Å². The normalized spacial score (nSPS) is 20.3. The topological polar surface area (TPSA) is 135 Å². The summed E-state index contributed by atoms with van der Waals surface area (Å²) in [6, 6.07) is 19.4. The highest BCUT2D eigenvalue weighted by Gasteiger charge is 2.32. The molecule has 260 valence electrons. The summed E-state index contributed by atoms with van der Waals surface area (Å²) in [6.07, 6.45) is 1.45. The van der Waals surface area contributed by atoms with E-state index < -0.39 is 28.1 Å². The molecule has 0 radical (unpaired) electrons. The fourth-order valence-electron chi connectivity index (χ4n) is 5.53. The monoisotopic (exact) mass is 681 g/mol. The number of nitrogens with one attached hydrogen (secondary N) is 1. The molecule has 1 aliphatic heterocycles. The van der Waals surface area contributed by atoms with E-state index in [4.69, 9.17) is 14.2 Å². The Morgan fingerprint density at radius 1 is 1.08 bits per heavy atom. The minimum absolute atomic E-state index is 0.0524. The second kappa shape index (κ2) is 16.9. The smallest absolute Gasteiger partial charge is 0.258 e. The van der Waals surface area contributed by atoms with Crippen molar-refractivity contribution < 1.29 is 37.3 Å². The average Bonchev–Trinajstić information content (AvgIpc) is 3.09. The molecule has 2 N–H and O–H groups in total. The number of ether oxygens (including phenoxy) is 3. The summed E-state index contributed by atoms with van der Waals surface area (Å²) in [5, 5.41) is 13.1.